The summed E-state index contributed by atoms with van der Waals surface area (Å²) in [5.74, 6) is 1.53. The maximum atomic E-state index is 13.5. The second-order valence-corrected chi connectivity index (χ2v) is 7.86. The highest BCUT2D eigenvalue weighted by atomic mass is 16.5. The smallest absolute Gasteiger partial charge is 0.258 e. The van der Waals surface area contributed by atoms with Crippen LogP contribution < -0.4 is 4.74 Å². The minimum absolute atomic E-state index is 0.0406. The van der Waals surface area contributed by atoms with Crippen LogP contribution >= 0.6 is 0 Å². The molecular formula is C21H22N6O2. The monoisotopic (exact) mass is 390 g/mol. The Balaban J connectivity index is 1.40. The minimum Gasteiger partial charge on any atom is -0.472 e. The van der Waals surface area contributed by atoms with Gasteiger partial charge in [-0.05, 0) is 50.3 Å². The number of pyridine rings is 2. The molecule has 0 N–H and O–H groups in total. The fraction of sp³-hybridized carbons (Fsp3) is 0.381. The summed E-state index contributed by atoms with van der Waals surface area (Å²) in [4.78, 5) is 24.3. The molecule has 1 saturated carbocycles. The van der Waals surface area contributed by atoms with Gasteiger partial charge in [0.1, 0.15) is 6.10 Å². The number of hydrogen-bond acceptors (Lipinski definition) is 6. The third kappa shape index (κ3) is 3.24. The molecule has 29 heavy (non-hydrogen) atoms. The van der Waals surface area contributed by atoms with Gasteiger partial charge in [0.05, 0.1) is 24.0 Å². The number of ether oxygens (including phenoxy) is 1. The Labute approximate surface area is 168 Å². The van der Waals surface area contributed by atoms with Crippen LogP contribution in [0.4, 0.5) is 0 Å². The lowest BCUT2D eigenvalue weighted by atomic mass is 10.1. The van der Waals surface area contributed by atoms with Gasteiger partial charge in [-0.25, -0.2) is 14.6 Å². The Morgan fingerprint density at radius 3 is 2.79 bits per heavy atom. The predicted octanol–water partition coefficient (Wildman–Crippen LogP) is 2.36. The lowest BCUT2D eigenvalue weighted by molar-refractivity contribution is 0.0466. The lowest BCUT2D eigenvalue weighted by Crippen LogP contribution is -2.47. The first kappa shape index (κ1) is 17.8. The van der Waals surface area contributed by atoms with Crippen molar-refractivity contribution in [3.63, 3.8) is 0 Å². The molecule has 3 unspecified atom stereocenters. The molecular weight excluding hydrogens is 368 g/mol. The fourth-order valence-electron chi connectivity index (χ4n) is 4.37. The number of likely N-dealkylation sites (tertiary alicyclic amines) is 1. The number of aryl methyl sites for hydroxylation is 2. The van der Waals surface area contributed by atoms with E-state index >= 15 is 0 Å². The van der Waals surface area contributed by atoms with Crippen LogP contribution in [0.25, 0.3) is 5.82 Å². The molecule has 4 heterocycles. The van der Waals surface area contributed by atoms with Gasteiger partial charge in [-0.3, -0.25) is 4.79 Å². The molecule has 3 atom stereocenters. The summed E-state index contributed by atoms with van der Waals surface area (Å²) in [5, 5.41) is 7.87. The Morgan fingerprint density at radius 1 is 1.17 bits per heavy atom. The van der Waals surface area contributed by atoms with E-state index in [4.69, 9.17) is 4.74 Å². The summed E-state index contributed by atoms with van der Waals surface area (Å²) in [6.07, 6.45) is 6.94. The van der Waals surface area contributed by atoms with E-state index in [0.717, 1.165) is 30.6 Å². The van der Waals surface area contributed by atoms with Crippen LogP contribution in [0.15, 0.2) is 42.9 Å². The first-order valence-electron chi connectivity index (χ1n) is 9.83. The first-order chi connectivity index (χ1) is 14.1. The molecule has 3 aromatic rings. The molecule has 8 nitrogen and oxygen atoms in total. The van der Waals surface area contributed by atoms with E-state index in [9.17, 15) is 4.79 Å². The zero-order valence-electron chi connectivity index (χ0n) is 16.4. The van der Waals surface area contributed by atoms with Gasteiger partial charge in [0.15, 0.2) is 5.82 Å². The van der Waals surface area contributed by atoms with Crippen LogP contribution in [0.3, 0.4) is 0 Å². The van der Waals surface area contributed by atoms with Gasteiger partial charge < -0.3 is 9.64 Å². The van der Waals surface area contributed by atoms with E-state index in [1.165, 1.54) is 0 Å². The summed E-state index contributed by atoms with van der Waals surface area (Å²) in [6, 6.07) is 7.60. The van der Waals surface area contributed by atoms with E-state index in [1.54, 1.807) is 23.3 Å². The molecule has 0 spiro atoms. The number of carbonyl (C=O) groups excluding carboxylic acids is 1. The zero-order valence-corrected chi connectivity index (χ0v) is 16.4. The molecule has 5 rings (SSSR count). The van der Waals surface area contributed by atoms with Crippen molar-refractivity contribution < 1.29 is 9.53 Å². The summed E-state index contributed by atoms with van der Waals surface area (Å²) in [7, 11) is 0. The number of amides is 1. The number of rotatable bonds is 4. The number of piperidine rings is 1. The molecule has 3 aromatic heterocycles. The molecule has 0 aromatic carbocycles. The van der Waals surface area contributed by atoms with Gasteiger partial charge in [0, 0.05) is 24.5 Å². The van der Waals surface area contributed by atoms with E-state index in [2.05, 4.69) is 20.3 Å². The predicted molar refractivity (Wildman–Crippen MR) is 105 cm³/mol. The van der Waals surface area contributed by atoms with Crippen LogP contribution in [-0.2, 0) is 0 Å². The molecule has 1 aliphatic heterocycles. The highest BCUT2D eigenvalue weighted by Crippen LogP contribution is 2.40. The zero-order chi connectivity index (χ0) is 20.0. The van der Waals surface area contributed by atoms with Crippen LogP contribution in [0.2, 0.25) is 0 Å². The molecule has 2 bridgehead atoms. The van der Waals surface area contributed by atoms with Crippen LogP contribution in [-0.4, -0.2) is 54.5 Å². The molecule has 2 aliphatic rings. The van der Waals surface area contributed by atoms with Gasteiger partial charge in [0.25, 0.3) is 5.91 Å². The minimum atomic E-state index is -0.0411. The second-order valence-electron chi connectivity index (χ2n) is 7.86. The van der Waals surface area contributed by atoms with Gasteiger partial charge in [-0.1, -0.05) is 11.3 Å². The topological polar surface area (TPSA) is 86.0 Å². The normalized spacial score (nSPS) is 22.8. The second kappa shape index (κ2) is 6.95. The van der Waals surface area contributed by atoms with Crippen LogP contribution in [0, 0.1) is 19.8 Å². The average molecular weight is 390 g/mol. The van der Waals surface area contributed by atoms with Gasteiger partial charge in [-0.15, -0.1) is 5.10 Å². The number of fused-ring (bicyclic) bond motifs is 2. The van der Waals surface area contributed by atoms with Crippen molar-refractivity contribution in [1.82, 2.24) is 29.9 Å². The Kier molecular flexibility index (Phi) is 4.26. The van der Waals surface area contributed by atoms with E-state index in [-0.39, 0.29) is 18.1 Å². The van der Waals surface area contributed by atoms with Crippen molar-refractivity contribution in [3.8, 4) is 11.7 Å². The SMILES string of the molecule is Cc1ccc(OC2CC3CC2N(C(=O)c2ccc(C)nc2-n2ccnn2)C3)nc1. The van der Waals surface area contributed by atoms with Crippen molar-refractivity contribution in [1.29, 1.82) is 0 Å². The number of aromatic nitrogens is 5. The largest absolute Gasteiger partial charge is 0.472 e. The number of nitrogens with zero attached hydrogens (tertiary/aromatic N) is 6. The molecule has 1 aliphatic carbocycles. The van der Waals surface area contributed by atoms with E-state index < -0.39 is 0 Å². The maximum absolute atomic E-state index is 13.5. The average Bonchev–Trinajstić information content (AvgIpc) is 3.46. The highest BCUT2D eigenvalue weighted by Gasteiger charge is 2.48. The Bertz CT molecular complexity index is 1030. The first-order valence-corrected chi connectivity index (χ1v) is 9.83. The van der Waals surface area contributed by atoms with Crippen LogP contribution in [0.5, 0.6) is 5.88 Å². The number of hydrogen-bond donors (Lipinski definition) is 0. The maximum Gasteiger partial charge on any atom is 0.258 e. The van der Waals surface area contributed by atoms with Crippen molar-refractivity contribution in [2.24, 2.45) is 5.92 Å². The van der Waals surface area contributed by atoms with Gasteiger partial charge in [0.2, 0.25) is 5.88 Å². The van der Waals surface area contributed by atoms with E-state index in [0.29, 0.717) is 23.2 Å². The quantitative estimate of drug-likeness (QED) is 0.680. The van der Waals surface area contributed by atoms with Gasteiger partial charge >= 0.3 is 0 Å². The highest BCUT2D eigenvalue weighted by molar-refractivity contribution is 5.97. The van der Waals surface area contributed by atoms with Crippen molar-refractivity contribution in [2.45, 2.75) is 38.8 Å². The van der Waals surface area contributed by atoms with Crippen LogP contribution in [0.1, 0.15) is 34.5 Å². The molecule has 1 saturated heterocycles. The summed E-state index contributed by atoms with van der Waals surface area (Å²) < 4.78 is 7.69. The Morgan fingerprint density at radius 2 is 2.07 bits per heavy atom. The molecule has 148 valence electrons. The van der Waals surface area contributed by atoms with Crippen molar-refractivity contribution in [2.75, 3.05) is 6.54 Å². The standard InChI is InChI=1S/C21H22N6O2/c1-13-3-6-19(22-11-13)29-18-10-15-9-17(18)26(12-15)21(28)16-5-4-14(2)24-20(16)27-8-7-23-25-27/h3-8,11,15,17-18H,9-10,12H2,1-2H3. The summed E-state index contributed by atoms with van der Waals surface area (Å²) >= 11 is 0. The fourth-order valence-corrected chi connectivity index (χ4v) is 4.37. The summed E-state index contributed by atoms with van der Waals surface area (Å²) in [5.41, 5.74) is 2.44. The molecule has 1 amide bonds. The lowest BCUT2D eigenvalue weighted by Gasteiger charge is -2.33. The van der Waals surface area contributed by atoms with Gasteiger partial charge in [-0.2, -0.15) is 0 Å². The third-order valence-electron chi connectivity index (χ3n) is 5.73. The third-order valence-corrected chi connectivity index (χ3v) is 5.73. The van der Waals surface area contributed by atoms with Crippen molar-refractivity contribution in [3.05, 3.63) is 59.7 Å². The molecule has 0 radical (unpaired) electrons. The summed E-state index contributed by atoms with van der Waals surface area (Å²) in [6.45, 7) is 4.64. The molecule has 8 heteroatoms. The van der Waals surface area contributed by atoms with E-state index in [1.807, 2.05) is 43.0 Å². The van der Waals surface area contributed by atoms with Crippen molar-refractivity contribution >= 4 is 5.91 Å². The number of carbonyl (C=O) groups is 1. The molecule has 2 fully saturated rings. The Hall–Kier alpha value is -3.29.